The van der Waals surface area contributed by atoms with Crippen LogP contribution in [0.25, 0.3) is 0 Å². The van der Waals surface area contributed by atoms with Gasteiger partial charge >= 0.3 is 5.97 Å². The average molecular weight is 281 g/mol. The summed E-state index contributed by atoms with van der Waals surface area (Å²) in [5.41, 5.74) is 2.51. The molecule has 5 heteroatoms. The molecule has 2 N–H and O–H groups in total. The number of aliphatic carboxylic acids is 1. The highest BCUT2D eigenvalue weighted by atomic mass is 32.2. The van der Waals surface area contributed by atoms with Gasteiger partial charge in [-0.2, -0.15) is 0 Å². The lowest BCUT2D eigenvalue weighted by molar-refractivity contribution is -0.136. The third kappa shape index (κ3) is 6.29. The van der Waals surface area contributed by atoms with E-state index in [4.69, 9.17) is 5.11 Å². The predicted octanol–water partition coefficient (Wildman–Crippen LogP) is 2.38. The number of carboxylic acids is 1. The highest BCUT2D eigenvalue weighted by Gasteiger charge is 2.04. The number of carbonyl (C=O) groups is 2. The van der Waals surface area contributed by atoms with E-state index in [9.17, 15) is 9.59 Å². The summed E-state index contributed by atoms with van der Waals surface area (Å²) in [4.78, 5) is 22.9. The summed E-state index contributed by atoms with van der Waals surface area (Å²) in [5, 5.41) is 11.0. The van der Waals surface area contributed by atoms with Crippen LogP contribution < -0.4 is 5.32 Å². The second-order valence-electron chi connectivity index (χ2n) is 4.34. The minimum absolute atomic E-state index is 0.0317. The molecule has 0 atom stereocenters. The molecule has 1 amide bonds. The van der Waals surface area contributed by atoms with Gasteiger partial charge in [-0.25, -0.2) is 0 Å². The van der Waals surface area contributed by atoms with Crippen molar-refractivity contribution in [1.82, 2.24) is 5.32 Å². The highest BCUT2D eigenvalue weighted by molar-refractivity contribution is 7.99. The summed E-state index contributed by atoms with van der Waals surface area (Å²) in [5.74, 6) is -0.302. The molecule has 0 heterocycles. The third-order valence-electron chi connectivity index (χ3n) is 2.74. The molecule has 0 bridgehead atoms. The van der Waals surface area contributed by atoms with Crippen LogP contribution in [0.1, 0.15) is 24.0 Å². The Morgan fingerprint density at radius 1 is 1.21 bits per heavy atom. The molecule has 1 rings (SSSR count). The third-order valence-corrected chi connectivity index (χ3v) is 3.73. The number of benzene rings is 1. The first-order valence-electron chi connectivity index (χ1n) is 6.17. The zero-order valence-electron chi connectivity index (χ0n) is 11.2. The molecular weight excluding hydrogens is 262 g/mol. The van der Waals surface area contributed by atoms with Gasteiger partial charge in [-0.05, 0) is 37.1 Å². The molecule has 4 nitrogen and oxygen atoms in total. The molecule has 0 saturated heterocycles. The molecule has 0 aromatic heterocycles. The first-order chi connectivity index (χ1) is 8.99. The van der Waals surface area contributed by atoms with Gasteiger partial charge in [0.15, 0.2) is 0 Å². The van der Waals surface area contributed by atoms with Crippen molar-refractivity contribution >= 4 is 23.6 Å². The first-order valence-corrected chi connectivity index (χ1v) is 7.16. The number of hydrogen-bond acceptors (Lipinski definition) is 3. The standard InChI is InChI=1S/C14H19NO3S/c1-10-3-4-12(9-11(10)2)19-8-6-13(16)15-7-5-14(17)18/h3-4,9H,5-8H2,1-2H3,(H,15,16)(H,17,18). The van der Waals surface area contributed by atoms with Crippen LogP contribution in [0.2, 0.25) is 0 Å². The predicted molar refractivity (Wildman–Crippen MR) is 76.5 cm³/mol. The van der Waals surface area contributed by atoms with Crippen molar-refractivity contribution in [1.29, 1.82) is 0 Å². The quantitative estimate of drug-likeness (QED) is 0.753. The Hall–Kier alpha value is -1.49. The van der Waals surface area contributed by atoms with Crippen LogP contribution in [0.3, 0.4) is 0 Å². The minimum Gasteiger partial charge on any atom is -0.481 e. The number of carboxylic acid groups (broad SMARTS) is 1. The molecule has 1 aromatic rings. The van der Waals surface area contributed by atoms with E-state index in [0.717, 1.165) is 4.90 Å². The fourth-order valence-corrected chi connectivity index (χ4v) is 2.41. The Balaban J connectivity index is 2.24. The number of amides is 1. The normalized spacial score (nSPS) is 10.2. The molecule has 0 fully saturated rings. The minimum atomic E-state index is -0.898. The molecule has 0 aliphatic heterocycles. The Morgan fingerprint density at radius 3 is 2.58 bits per heavy atom. The smallest absolute Gasteiger partial charge is 0.305 e. The summed E-state index contributed by atoms with van der Waals surface area (Å²) in [6.07, 6.45) is 0.368. The number of carbonyl (C=O) groups excluding carboxylic acids is 1. The van der Waals surface area contributed by atoms with Crippen molar-refractivity contribution in [3.05, 3.63) is 29.3 Å². The number of rotatable bonds is 7. The Bertz CT molecular complexity index is 460. The van der Waals surface area contributed by atoms with Gasteiger partial charge in [-0.15, -0.1) is 11.8 Å². The number of aryl methyl sites for hydroxylation is 2. The van der Waals surface area contributed by atoms with Gasteiger partial charge in [0, 0.05) is 23.6 Å². The lowest BCUT2D eigenvalue weighted by Gasteiger charge is -2.05. The van der Waals surface area contributed by atoms with E-state index >= 15 is 0 Å². The molecule has 104 valence electrons. The summed E-state index contributed by atoms with van der Waals surface area (Å²) >= 11 is 1.63. The van der Waals surface area contributed by atoms with E-state index in [1.807, 2.05) is 0 Å². The fourth-order valence-electron chi connectivity index (χ4n) is 1.46. The lowest BCUT2D eigenvalue weighted by Crippen LogP contribution is -2.26. The monoisotopic (exact) mass is 281 g/mol. The maximum absolute atomic E-state index is 11.4. The zero-order chi connectivity index (χ0) is 14.3. The summed E-state index contributed by atoms with van der Waals surface area (Å²) < 4.78 is 0. The molecule has 19 heavy (non-hydrogen) atoms. The van der Waals surface area contributed by atoms with Crippen LogP contribution in [0.15, 0.2) is 23.1 Å². The Labute approximate surface area is 117 Å². The van der Waals surface area contributed by atoms with Crippen LogP contribution in [0.5, 0.6) is 0 Å². The van der Waals surface area contributed by atoms with Gasteiger partial charge in [0.1, 0.15) is 0 Å². The van der Waals surface area contributed by atoms with Gasteiger partial charge in [0.25, 0.3) is 0 Å². The molecular formula is C14H19NO3S. The number of hydrogen-bond donors (Lipinski definition) is 2. The van der Waals surface area contributed by atoms with Crippen LogP contribution in [0, 0.1) is 13.8 Å². The fraction of sp³-hybridized carbons (Fsp3) is 0.429. The average Bonchev–Trinajstić information content (AvgIpc) is 2.33. The second-order valence-corrected chi connectivity index (χ2v) is 5.51. The first kappa shape index (κ1) is 15.6. The molecule has 0 spiro atoms. The van der Waals surface area contributed by atoms with Crippen molar-refractivity contribution in [2.75, 3.05) is 12.3 Å². The summed E-state index contributed by atoms with van der Waals surface area (Å²) in [6.45, 7) is 4.33. The summed E-state index contributed by atoms with van der Waals surface area (Å²) in [7, 11) is 0. The number of thioether (sulfide) groups is 1. The van der Waals surface area contributed by atoms with Gasteiger partial charge in [-0.3, -0.25) is 9.59 Å². The van der Waals surface area contributed by atoms with Crippen molar-refractivity contribution < 1.29 is 14.7 Å². The van der Waals surface area contributed by atoms with Gasteiger partial charge in [0.05, 0.1) is 6.42 Å². The van der Waals surface area contributed by atoms with E-state index in [1.54, 1.807) is 11.8 Å². The SMILES string of the molecule is Cc1ccc(SCCC(=O)NCCC(=O)O)cc1C. The van der Waals surface area contributed by atoms with Gasteiger partial charge < -0.3 is 10.4 Å². The molecule has 0 unspecified atom stereocenters. The maximum Gasteiger partial charge on any atom is 0.305 e. The summed E-state index contributed by atoms with van der Waals surface area (Å²) in [6, 6.07) is 6.24. The molecule has 0 aliphatic rings. The Kier molecular flexibility index (Phi) is 6.42. The van der Waals surface area contributed by atoms with E-state index in [1.165, 1.54) is 11.1 Å². The largest absolute Gasteiger partial charge is 0.481 e. The lowest BCUT2D eigenvalue weighted by atomic mass is 10.1. The zero-order valence-corrected chi connectivity index (χ0v) is 12.0. The van der Waals surface area contributed by atoms with E-state index < -0.39 is 5.97 Å². The molecule has 1 aromatic carbocycles. The van der Waals surface area contributed by atoms with Crippen molar-refractivity contribution in [2.45, 2.75) is 31.6 Å². The van der Waals surface area contributed by atoms with E-state index in [-0.39, 0.29) is 18.9 Å². The van der Waals surface area contributed by atoms with E-state index in [2.05, 4.69) is 37.4 Å². The van der Waals surface area contributed by atoms with Crippen LogP contribution >= 0.6 is 11.8 Å². The number of nitrogens with one attached hydrogen (secondary N) is 1. The Morgan fingerprint density at radius 2 is 1.95 bits per heavy atom. The van der Waals surface area contributed by atoms with Gasteiger partial charge in [0.2, 0.25) is 5.91 Å². The van der Waals surface area contributed by atoms with Crippen LogP contribution in [0.4, 0.5) is 0 Å². The molecule has 0 radical (unpaired) electrons. The van der Waals surface area contributed by atoms with Crippen molar-refractivity contribution in [2.24, 2.45) is 0 Å². The molecule has 0 saturated carbocycles. The van der Waals surface area contributed by atoms with Crippen LogP contribution in [-0.2, 0) is 9.59 Å². The highest BCUT2D eigenvalue weighted by Crippen LogP contribution is 2.21. The topological polar surface area (TPSA) is 66.4 Å². The van der Waals surface area contributed by atoms with Crippen molar-refractivity contribution in [3.63, 3.8) is 0 Å². The van der Waals surface area contributed by atoms with Crippen LogP contribution in [-0.4, -0.2) is 29.3 Å². The van der Waals surface area contributed by atoms with Gasteiger partial charge in [-0.1, -0.05) is 6.07 Å². The molecule has 0 aliphatic carbocycles. The van der Waals surface area contributed by atoms with Crippen molar-refractivity contribution in [3.8, 4) is 0 Å². The second kappa shape index (κ2) is 7.84. The van der Waals surface area contributed by atoms with E-state index in [0.29, 0.717) is 12.2 Å². The maximum atomic E-state index is 11.4.